The summed E-state index contributed by atoms with van der Waals surface area (Å²) in [6.07, 6.45) is 4.73. The summed E-state index contributed by atoms with van der Waals surface area (Å²) in [4.78, 5) is 11.4. The SMILES string of the molecule is N#CCC(=O)c1ccc(C=CCCN)cc1. The van der Waals surface area contributed by atoms with Gasteiger partial charge < -0.3 is 5.73 Å². The Hall–Kier alpha value is -1.92. The van der Waals surface area contributed by atoms with Crippen molar-refractivity contribution in [3.05, 3.63) is 41.5 Å². The molecular formula is C13H14N2O. The fourth-order valence-corrected chi connectivity index (χ4v) is 1.27. The number of nitrogens with two attached hydrogens (primary N) is 1. The minimum absolute atomic E-state index is 0.0671. The number of hydrogen-bond donors (Lipinski definition) is 1. The topological polar surface area (TPSA) is 66.9 Å². The first kappa shape index (κ1) is 12.2. The molecule has 1 aromatic carbocycles. The molecular weight excluding hydrogens is 200 g/mol. The van der Waals surface area contributed by atoms with Gasteiger partial charge in [-0.15, -0.1) is 0 Å². The Balaban J connectivity index is 2.68. The normalized spacial score (nSPS) is 10.2. The maximum absolute atomic E-state index is 11.4. The van der Waals surface area contributed by atoms with E-state index in [1.165, 1.54) is 0 Å². The molecule has 0 saturated heterocycles. The number of benzene rings is 1. The number of carbonyl (C=O) groups excluding carboxylic acids is 1. The Kier molecular flexibility index (Phi) is 4.97. The summed E-state index contributed by atoms with van der Waals surface area (Å²) < 4.78 is 0. The third-order valence-electron chi connectivity index (χ3n) is 2.12. The van der Waals surface area contributed by atoms with Crippen LogP contribution in [0.4, 0.5) is 0 Å². The van der Waals surface area contributed by atoms with Crippen LogP contribution in [-0.2, 0) is 0 Å². The molecule has 0 aromatic heterocycles. The van der Waals surface area contributed by atoms with Crippen molar-refractivity contribution in [3.63, 3.8) is 0 Å². The van der Waals surface area contributed by atoms with E-state index in [-0.39, 0.29) is 12.2 Å². The van der Waals surface area contributed by atoms with Crippen molar-refractivity contribution in [3.8, 4) is 6.07 Å². The summed E-state index contributed by atoms with van der Waals surface area (Å²) in [5.41, 5.74) is 6.97. The van der Waals surface area contributed by atoms with Crippen molar-refractivity contribution in [2.75, 3.05) is 6.54 Å². The van der Waals surface area contributed by atoms with E-state index in [0.717, 1.165) is 12.0 Å². The van der Waals surface area contributed by atoms with Crippen molar-refractivity contribution in [1.29, 1.82) is 5.26 Å². The van der Waals surface area contributed by atoms with E-state index in [0.29, 0.717) is 12.1 Å². The lowest BCUT2D eigenvalue weighted by Gasteiger charge is -1.97. The van der Waals surface area contributed by atoms with Crippen LogP contribution < -0.4 is 5.73 Å². The highest BCUT2D eigenvalue weighted by Crippen LogP contribution is 2.08. The second-order valence-electron chi connectivity index (χ2n) is 3.36. The fourth-order valence-electron chi connectivity index (χ4n) is 1.27. The Labute approximate surface area is 95.2 Å². The minimum atomic E-state index is -0.139. The molecule has 2 N–H and O–H groups in total. The number of nitriles is 1. The van der Waals surface area contributed by atoms with Gasteiger partial charge >= 0.3 is 0 Å². The van der Waals surface area contributed by atoms with Gasteiger partial charge in [-0.05, 0) is 18.5 Å². The minimum Gasteiger partial charge on any atom is -0.330 e. The summed E-state index contributed by atoms with van der Waals surface area (Å²) >= 11 is 0. The van der Waals surface area contributed by atoms with E-state index in [2.05, 4.69) is 0 Å². The van der Waals surface area contributed by atoms with Crippen LogP contribution in [0.15, 0.2) is 30.3 Å². The molecule has 82 valence electrons. The van der Waals surface area contributed by atoms with Gasteiger partial charge in [0.2, 0.25) is 0 Å². The molecule has 0 aliphatic carbocycles. The molecule has 0 bridgehead atoms. The smallest absolute Gasteiger partial charge is 0.176 e. The average molecular weight is 214 g/mol. The lowest BCUT2D eigenvalue weighted by atomic mass is 10.1. The largest absolute Gasteiger partial charge is 0.330 e. The monoisotopic (exact) mass is 214 g/mol. The van der Waals surface area contributed by atoms with Crippen LogP contribution >= 0.6 is 0 Å². The Bertz CT molecular complexity index is 413. The summed E-state index contributed by atoms with van der Waals surface area (Å²) in [6, 6.07) is 9.04. The summed E-state index contributed by atoms with van der Waals surface area (Å²) in [7, 11) is 0. The number of rotatable bonds is 5. The second-order valence-corrected chi connectivity index (χ2v) is 3.36. The molecule has 0 radical (unpaired) electrons. The quantitative estimate of drug-likeness (QED) is 0.763. The lowest BCUT2D eigenvalue weighted by molar-refractivity contribution is 0.0998. The third kappa shape index (κ3) is 3.68. The zero-order chi connectivity index (χ0) is 11.8. The van der Waals surface area contributed by atoms with Crippen LogP contribution in [0.1, 0.15) is 28.8 Å². The maximum Gasteiger partial charge on any atom is 0.176 e. The highest BCUT2D eigenvalue weighted by molar-refractivity contribution is 5.97. The summed E-state index contributed by atoms with van der Waals surface area (Å²) in [5.74, 6) is -0.139. The number of carbonyl (C=O) groups is 1. The van der Waals surface area contributed by atoms with Crippen LogP contribution in [0.25, 0.3) is 6.08 Å². The number of nitrogens with zero attached hydrogens (tertiary/aromatic N) is 1. The average Bonchev–Trinajstić information content (AvgIpc) is 2.30. The summed E-state index contributed by atoms with van der Waals surface area (Å²) in [6.45, 7) is 0.634. The van der Waals surface area contributed by atoms with Crippen molar-refractivity contribution >= 4 is 11.9 Å². The van der Waals surface area contributed by atoms with Crippen molar-refractivity contribution in [1.82, 2.24) is 0 Å². The van der Waals surface area contributed by atoms with E-state index >= 15 is 0 Å². The summed E-state index contributed by atoms with van der Waals surface area (Å²) in [5, 5.41) is 8.40. The first-order valence-corrected chi connectivity index (χ1v) is 5.14. The van der Waals surface area contributed by atoms with Crippen molar-refractivity contribution < 1.29 is 4.79 Å². The fraction of sp³-hybridized carbons (Fsp3) is 0.231. The van der Waals surface area contributed by atoms with Crippen LogP contribution in [-0.4, -0.2) is 12.3 Å². The molecule has 0 fully saturated rings. The molecule has 16 heavy (non-hydrogen) atoms. The van der Waals surface area contributed by atoms with E-state index in [9.17, 15) is 4.79 Å². The van der Waals surface area contributed by atoms with E-state index < -0.39 is 0 Å². The van der Waals surface area contributed by atoms with Crippen molar-refractivity contribution in [2.45, 2.75) is 12.8 Å². The van der Waals surface area contributed by atoms with Gasteiger partial charge in [-0.2, -0.15) is 5.26 Å². The van der Waals surface area contributed by atoms with Gasteiger partial charge in [0.05, 0.1) is 12.5 Å². The van der Waals surface area contributed by atoms with Gasteiger partial charge in [0.15, 0.2) is 5.78 Å². The molecule has 0 saturated carbocycles. The molecule has 0 atom stereocenters. The molecule has 0 amide bonds. The van der Waals surface area contributed by atoms with Gasteiger partial charge in [0.25, 0.3) is 0 Å². The van der Waals surface area contributed by atoms with Crippen LogP contribution in [0, 0.1) is 11.3 Å². The molecule has 0 unspecified atom stereocenters. The van der Waals surface area contributed by atoms with Crippen LogP contribution in [0.5, 0.6) is 0 Å². The first-order valence-electron chi connectivity index (χ1n) is 5.14. The standard InChI is InChI=1S/C13H14N2O/c14-9-2-1-3-11-4-6-12(7-5-11)13(16)8-10-15/h1,3-7H,2,8-9,14H2. The molecule has 1 rings (SSSR count). The van der Waals surface area contributed by atoms with Gasteiger partial charge in [0, 0.05) is 5.56 Å². The number of hydrogen-bond acceptors (Lipinski definition) is 3. The molecule has 3 nitrogen and oxygen atoms in total. The second kappa shape index (κ2) is 6.54. The van der Waals surface area contributed by atoms with Crippen LogP contribution in [0.3, 0.4) is 0 Å². The molecule has 0 spiro atoms. The van der Waals surface area contributed by atoms with Crippen molar-refractivity contribution in [2.24, 2.45) is 5.73 Å². The van der Waals surface area contributed by atoms with Gasteiger partial charge in [-0.1, -0.05) is 36.4 Å². The Morgan fingerprint density at radius 1 is 1.38 bits per heavy atom. The molecule has 0 heterocycles. The number of ketones is 1. The zero-order valence-electron chi connectivity index (χ0n) is 9.02. The predicted molar refractivity (Wildman–Crippen MR) is 63.7 cm³/mol. The van der Waals surface area contributed by atoms with Gasteiger partial charge in [-0.3, -0.25) is 4.79 Å². The predicted octanol–water partition coefficient (Wildman–Crippen LogP) is 2.14. The number of Topliss-reactive ketones (excluding diaryl/α,β-unsaturated/α-hetero) is 1. The molecule has 3 heteroatoms. The van der Waals surface area contributed by atoms with Gasteiger partial charge in [0.1, 0.15) is 0 Å². The molecule has 1 aromatic rings. The van der Waals surface area contributed by atoms with E-state index in [1.54, 1.807) is 12.1 Å². The van der Waals surface area contributed by atoms with E-state index in [1.807, 2.05) is 30.4 Å². The highest BCUT2D eigenvalue weighted by Gasteiger charge is 2.03. The van der Waals surface area contributed by atoms with E-state index in [4.69, 9.17) is 11.0 Å². The Morgan fingerprint density at radius 2 is 2.06 bits per heavy atom. The maximum atomic E-state index is 11.4. The zero-order valence-corrected chi connectivity index (χ0v) is 9.02. The van der Waals surface area contributed by atoms with Crippen LogP contribution in [0.2, 0.25) is 0 Å². The first-order chi connectivity index (χ1) is 7.77. The Morgan fingerprint density at radius 3 is 2.62 bits per heavy atom. The van der Waals surface area contributed by atoms with Gasteiger partial charge in [-0.25, -0.2) is 0 Å². The molecule has 0 aliphatic heterocycles. The molecule has 0 aliphatic rings. The lowest BCUT2D eigenvalue weighted by Crippen LogP contribution is -1.96. The highest BCUT2D eigenvalue weighted by atomic mass is 16.1. The third-order valence-corrected chi connectivity index (χ3v) is 2.12.